The third kappa shape index (κ3) is 3.58. The lowest BCUT2D eigenvalue weighted by molar-refractivity contribution is 0.392. The van der Waals surface area contributed by atoms with Gasteiger partial charge in [-0.25, -0.2) is 14.6 Å². The van der Waals surface area contributed by atoms with Gasteiger partial charge in [0.05, 0.1) is 6.20 Å². The molecule has 1 aliphatic heterocycles. The topological polar surface area (TPSA) is 67.7 Å². The highest BCUT2D eigenvalue weighted by Crippen LogP contribution is 2.15. The summed E-state index contributed by atoms with van der Waals surface area (Å²) in [5.74, 6) is 2.61. The van der Waals surface area contributed by atoms with E-state index in [1.54, 1.807) is 0 Å². The van der Waals surface area contributed by atoms with Crippen LogP contribution in [0.4, 0.5) is 5.82 Å². The van der Waals surface area contributed by atoms with Crippen molar-refractivity contribution in [1.29, 1.82) is 0 Å². The average Bonchev–Trinajstić information content (AvgIpc) is 2.90. The minimum atomic E-state index is 0.567. The molecule has 0 saturated heterocycles. The average molecular weight is 286 g/mol. The van der Waals surface area contributed by atoms with Crippen LogP contribution in [0.1, 0.15) is 17.2 Å². The number of hydrogen-bond acceptors (Lipinski definition) is 5. The lowest BCUT2D eigenvalue weighted by atomic mass is 10.1. The first-order chi connectivity index (χ1) is 10.2. The van der Waals surface area contributed by atoms with E-state index in [9.17, 15) is 0 Å². The van der Waals surface area contributed by atoms with E-state index in [2.05, 4.69) is 25.7 Å². The van der Waals surface area contributed by atoms with Gasteiger partial charge in [-0.3, -0.25) is 0 Å². The largest absolute Gasteiger partial charge is 0.370 e. The van der Waals surface area contributed by atoms with Crippen molar-refractivity contribution in [2.75, 3.05) is 25.0 Å². The lowest BCUT2D eigenvalue weighted by Gasteiger charge is -2.25. The summed E-state index contributed by atoms with van der Waals surface area (Å²) in [4.78, 5) is 8.93. The maximum atomic E-state index is 4.46. The van der Waals surface area contributed by atoms with Crippen molar-refractivity contribution < 1.29 is 0 Å². The summed E-state index contributed by atoms with van der Waals surface area (Å²) in [6, 6.07) is 4.02. The summed E-state index contributed by atoms with van der Waals surface area (Å²) in [6.45, 7) is 7.89. The molecule has 6 nitrogen and oxygen atoms in total. The molecule has 0 radical (unpaired) electrons. The number of aromatic nitrogens is 4. The number of anilines is 1. The molecular formula is C15H22N6. The van der Waals surface area contributed by atoms with Gasteiger partial charge < -0.3 is 10.6 Å². The SMILES string of the molecule is Cc1cc(C)nc(CCNC[C@H]2CNc3ccnn3C2)n1. The number of rotatable bonds is 5. The fourth-order valence-corrected chi connectivity index (χ4v) is 2.74. The van der Waals surface area contributed by atoms with E-state index in [0.717, 1.165) is 55.6 Å². The first kappa shape index (κ1) is 14.0. The summed E-state index contributed by atoms with van der Waals surface area (Å²) in [5, 5.41) is 11.2. The molecule has 0 fully saturated rings. The number of nitrogens with zero attached hydrogens (tertiary/aromatic N) is 4. The van der Waals surface area contributed by atoms with E-state index >= 15 is 0 Å². The molecule has 1 atom stereocenters. The molecule has 0 amide bonds. The van der Waals surface area contributed by atoms with Crippen LogP contribution in [-0.4, -0.2) is 39.4 Å². The van der Waals surface area contributed by atoms with Crippen LogP contribution >= 0.6 is 0 Å². The first-order valence-electron chi connectivity index (χ1n) is 7.48. The zero-order valence-electron chi connectivity index (χ0n) is 12.6. The molecule has 0 aromatic carbocycles. The summed E-state index contributed by atoms with van der Waals surface area (Å²) in [6.07, 6.45) is 2.71. The Labute approximate surface area is 125 Å². The van der Waals surface area contributed by atoms with Crippen molar-refractivity contribution in [3.63, 3.8) is 0 Å². The van der Waals surface area contributed by atoms with Crippen molar-refractivity contribution in [3.8, 4) is 0 Å². The maximum absolute atomic E-state index is 4.46. The Morgan fingerprint density at radius 2 is 2.14 bits per heavy atom. The Morgan fingerprint density at radius 1 is 1.33 bits per heavy atom. The van der Waals surface area contributed by atoms with Gasteiger partial charge in [0.2, 0.25) is 0 Å². The number of nitrogens with one attached hydrogen (secondary N) is 2. The van der Waals surface area contributed by atoms with E-state index in [1.165, 1.54) is 0 Å². The summed E-state index contributed by atoms with van der Waals surface area (Å²) < 4.78 is 2.03. The van der Waals surface area contributed by atoms with Crippen LogP contribution in [0.15, 0.2) is 18.3 Å². The Kier molecular flexibility index (Phi) is 4.15. The smallest absolute Gasteiger partial charge is 0.130 e. The molecule has 2 aromatic rings. The van der Waals surface area contributed by atoms with Crippen LogP contribution in [-0.2, 0) is 13.0 Å². The molecule has 112 valence electrons. The molecule has 0 spiro atoms. The second-order valence-corrected chi connectivity index (χ2v) is 5.67. The maximum Gasteiger partial charge on any atom is 0.130 e. The van der Waals surface area contributed by atoms with Gasteiger partial charge in [0.1, 0.15) is 11.6 Å². The Morgan fingerprint density at radius 3 is 2.95 bits per heavy atom. The van der Waals surface area contributed by atoms with Gasteiger partial charge in [-0.05, 0) is 19.9 Å². The molecule has 0 bridgehead atoms. The van der Waals surface area contributed by atoms with Crippen LogP contribution < -0.4 is 10.6 Å². The summed E-state index contributed by atoms with van der Waals surface area (Å²) >= 11 is 0. The summed E-state index contributed by atoms with van der Waals surface area (Å²) in [5.41, 5.74) is 2.08. The van der Waals surface area contributed by atoms with Gasteiger partial charge in [0.15, 0.2) is 0 Å². The number of aryl methyl sites for hydroxylation is 2. The highest BCUT2D eigenvalue weighted by atomic mass is 15.3. The molecule has 21 heavy (non-hydrogen) atoms. The molecule has 1 aliphatic rings. The standard InChI is InChI=1S/C15H22N6/c1-11-7-12(2)20-14(19-11)3-5-16-8-13-9-17-15-4-6-18-21(15)10-13/h4,6-7,13,16-17H,3,5,8-10H2,1-2H3/t13-/m0/s1. The molecule has 0 unspecified atom stereocenters. The normalized spacial score (nSPS) is 17.3. The lowest BCUT2D eigenvalue weighted by Crippen LogP contribution is -2.36. The van der Waals surface area contributed by atoms with E-state index < -0.39 is 0 Å². The predicted octanol–water partition coefficient (Wildman–Crippen LogP) is 1.16. The Balaban J connectivity index is 1.43. The van der Waals surface area contributed by atoms with Gasteiger partial charge in [-0.15, -0.1) is 0 Å². The zero-order valence-corrected chi connectivity index (χ0v) is 12.6. The van der Waals surface area contributed by atoms with Crippen molar-refractivity contribution in [3.05, 3.63) is 35.5 Å². The third-order valence-electron chi connectivity index (χ3n) is 3.71. The molecule has 2 N–H and O–H groups in total. The van der Waals surface area contributed by atoms with Gasteiger partial charge in [-0.1, -0.05) is 0 Å². The molecule has 3 rings (SSSR count). The van der Waals surface area contributed by atoms with Crippen molar-refractivity contribution in [2.45, 2.75) is 26.8 Å². The van der Waals surface area contributed by atoms with Crippen LogP contribution in [0.3, 0.4) is 0 Å². The predicted molar refractivity (Wildman–Crippen MR) is 82.3 cm³/mol. The van der Waals surface area contributed by atoms with Crippen LogP contribution in [0, 0.1) is 19.8 Å². The van der Waals surface area contributed by atoms with Gasteiger partial charge >= 0.3 is 0 Å². The van der Waals surface area contributed by atoms with E-state index in [0.29, 0.717) is 5.92 Å². The Bertz CT molecular complexity index is 586. The van der Waals surface area contributed by atoms with Crippen molar-refractivity contribution in [1.82, 2.24) is 25.1 Å². The first-order valence-corrected chi connectivity index (χ1v) is 7.48. The molecule has 6 heteroatoms. The van der Waals surface area contributed by atoms with Crippen LogP contribution in [0.5, 0.6) is 0 Å². The quantitative estimate of drug-likeness (QED) is 0.808. The minimum Gasteiger partial charge on any atom is -0.370 e. The fourth-order valence-electron chi connectivity index (χ4n) is 2.74. The molecule has 0 aliphatic carbocycles. The van der Waals surface area contributed by atoms with Gasteiger partial charge in [0.25, 0.3) is 0 Å². The van der Waals surface area contributed by atoms with Crippen molar-refractivity contribution >= 4 is 5.82 Å². The molecular weight excluding hydrogens is 264 g/mol. The highest BCUT2D eigenvalue weighted by Gasteiger charge is 2.17. The van der Waals surface area contributed by atoms with E-state index in [4.69, 9.17) is 0 Å². The van der Waals surface area contributed by atoms with Crippen LogP contribution in [0.25, 0.3) is 0 Å². The fraction of sp³-hybridized carbons (Fsp3) is 0.533. The van der Waals surface area contributed by atoms with Gasteiger partial charge in [-0.2, -0.15) is 5.10 Å². The monoisotopic (exact) mass is 286 g/mol. The Hall–Kier alpha value is -1.95. The number of hydrogen-bond donors (Lipinski definition) is 2. The van der Waals surface area contributed by atoms with Gasteiger partial charge in [0, 0.05) is 56.0 Å². The minimum absolute atomic E-state index is 0.567. The summed E-state index contributed by atoms with van der Waals surface area (Å²) in [7, 11) is 0. The zero-order chi connectivity index (χ0) is 14.7. The molecule has 3 heterocycles. The highest BCUT2D eigenvalue weighted by molar-refractivity contribution is 5.35. The second-order valence-electron chi connectivity index (χ2n) is 5.67. The second kappa shape index (κ2) is 6.22. The molecule has 2 aromatic heterocycles. The third-order valence-corrected chi connectivity index (χ3v) is 3.71. The number of fused-ring (bicyclic) bond motifs is 1. The van der Waals surface area contributed by atoms with Crippen molar-refractivity contribution in [2.24, 2.45) is 5.92 Å². The van der Waals surface area contributed by atoms with E-state index in [-0.39, 0.29) is 0 Å². The van der Waals surface area contributed by atoms with E-state index in [1.807, 2.05) is 36.9 Å². The molecule has 0 saturated carbocycles. The van der Waals surface area contributed by atoms with Crippen LogP contribution in [0.2, 0.25) is 0 Å².